The fraction of sp³-hybridized carbons (Fsp3) is 0.286. The van der Waals surface area contributed by atoms with Crippen LogP contribution in [0.15, 0.2) is 41.0 Å². The number of carbonyl (C=O) groups excluding carboxylic acids is 1. The van der Waals surface area contributed by atoms with E-state index in [9.17, 15) is 4.79 Å². The van der Waals surface area contributed by atoms with Gasteiger partial charge in [0.2, 0.25) is 0 Å². The van der Waals surface area contributed by atoms with Crippen molar-refractivity contribution in [1.29, 1.82) is 0 Å². The Morgan fingerprint density at radius 3 is 2.84 bits per heavy atom. The number of carbonyl (C=O) groups is 1. The van der Waals surface area contributed by atoms with Crippen molar-refractivity contribution in [1.82, 2.24) is 9.88 Å². The van der Waals surface area contributed by atoms with Crippen LogP contribution in [0.5, 0.6) is 0 Å². The lowest BCUT2D eigenvalue weighted by atomic mass is 10.3. The zero-order chi connectivity index (χ0) is 13.2. The number of halogens is 1. The van der Waals surface area contributed by atoms with E-state index in [0.717, 1.165) is 18.6 Å². The van der Waals surface area contributed by atoms with Crippen molar-refractivity contribution in [3.8, 4) is 0 Å². The number of hydrogen-bond acceptors (Lipinski definition) is 3. The molecular formula is C14H13ClN2O2. The van der Waals surface area contributed by atoms with Gasteiger partial charge in [-0.2, -0.15) is 0 Å². The zero-order valence-corrected chi connectivity index (χ0v) is 11.0. The maximum atomic E-state index is 12.5. The lowest BCUT2D eigenvalue weighted by Gasteiger charge is -2.20. The van der Waals surface area contributed by atoms with Gasteiger partial charge in [-0.3, -0.25) is 4.79 Å². The third-order valence-corrected chi connectivity index (χ3v) is 3.30. The summed E-state index contributed by atoms with van der Waals surface area (Å²) in [5, 5.41) is 0.333. The van der Waals surface area contributed by atoms with Crippen molar-refractivity contribution in [3.63, 3.8) is 0 Å². The van der Waals surface area contributed by atoms with Crippen LogP contribution in [0.25, 0.3) is 0 Å². The zero-order valence-electron chi connectivity index (χ0n) is 10.3. The monoisotopic (exact) mass is 276 g/mol. The molecule has 0 aromatic carbocycles. The molecule has 1 aliphatic carbocycles. The van der Waals surface area contributed by atoms with Gasteiger partial charge in [0.25, 0.3) is 5.91 Å². The lowest BCUT2D eigenvalue weighted by molar-refractivity contribution is 0.0711. The largest absolute Gasteiger partial charge is 0.467 e. The number of amides is 1. The fourth-order valence-corrected chi connectivity index (χ4v) is 2.16. The van der Waals surface area contributed by atoms with Gasteiger partial charge in [-0.1, -0.05) is 17.7 Å². The molecule has 5 heteroatoms. The van der Waals surface area contributed by atoms with Crippen LogP contribution in [0.2, 0.25) is 5.15 Å². The molecule has 0 atom stereocenters. The molecule has 1 amide bonds. The molecule has 2 aromatic heterocycles. The molecule has 1 saturated carbocycles. The first-order valence-corrected chi connectivity index (χ1v) is 6.58. The average Bonchev–Trinajstić information content (AvgIpc) is 3.12. The van der Waals surface area contributed by atoms with E-state index in [0.29, 0.717) is 23.4 Å². The minimum absolute atomic E-state index is 0.0959. The minimum atomic E-state index is -0.0959. The van der Waals surface area contributed by atoms with Gasteiger partial charge in [0, 0.05) is 6.04 Å². The second-order valence-electron chi connectivity index (χ2n) is 4.59. The first kappa shape index (κ1) is 12.2. The van der Waals surface area contributed by atoms with Crippen molar-refractivity contribution in [2.24, 2.45) is 0 Å². The van der Waals surface area contributed by atoms with E-state index in [1.54, 1.807) is 29.4 Å². The van der Waals surface area contributed by atoms with Crippen molar-refractivity contribution < 1.29 is 9.21 Å². The standard InChI is InChI=1S/C14H13ClN2O2/c15-13-5-1-4-12(16-13)14(18)17(10-6-7-10)9-11-3-2-8-19-11/h1-5,8,10H,6-7,9H2. The third kappa shape index (κ3) is 2.79. The SMILES string of the molecule is O=C(c1cccc(Cl)n1)N(Cc1ccco1)C1CC1. The van der Waals surface area contributed by atoms with Gasteiger partial charge in [-0.25, -0.2) is 4.98 Å². The van der Waals surface area contributed by atoms with Crippen LogP contribution in [0.3, 0.4) is 0 Å². The number of hydrogen-bond donors (Lipinski definition) is 0. The Balaban J connectivity index is 1.82. The van der Waals surface area contributed by atoms with Gasteiger partial charge < -0.3 is 9.32 Å². The van der Waals surface area contributed by atoms with E-state index in [1.165, 1.54) is 0 Å². The maximum Gasteiger partial charge on any atom is 0.273 e. The Kier molecular flexibility index (Phi) is 3.25. The fourth-order valence-electron chi connectivity index (χ4n) is 2.00. The summed E-state index contributed by atoms with van der Waals surface area (Å²) in [6, 6.07) is 9.06. The predicted molar refractivity (Wildman–Crippen MR) is 70.9 cm³/mol. The first-order chi connectivity index (χ1) is 9.24. The number of pyridine rings is 1. The molecule has 0 spiro atoms. The van der Waals surface area contributed by atoms with E-state index in [2.05, 4.69) is 4.98 Å². The van der Waals surface area contributed by atoms with E-state index in [-0.39, 0.29) is 5.91 Å². The van der Waals surface area contributed by atoms with E-state index in [1.807, 2.05) is 12.1 Å². The smallest absolute Gasteiger partial charge is 0.273 e. The molecule has 2 heterocycles. The summed E-state index contributed by atoms with van der Waals surface area (Å²) in [7, 11) is 0. The second-order valence-corrected chi connectivity index (χ2v) is 4.98. The molecule has 0 unspecified atom stereocenters. The summed E-state index contributed by atoms with van der Waals surface area (Å²) in [5.74, 6) is 0.684. The molecule has 0 saturated heterocycles. The van der Waals surface area contributed by atoms with Gasteiger partial charge >= 0.3 is 0 Å². The highest BCUT2D eigenvalue weighted by Gasteiger charge is 2.34. The van der Waals surface area contributed by atoms with Crippen molar-refractivity contribution in [2.45, 2.75) is 25.4 Å². The topological polar surface area (TPSA) is 46.3 Å². The molecule has 4 nitrogen and oxygen atoms in total. The minimum Gasteiger partial charge on any atom is -0.467 e. The van der Waals surface area contributed by atoms with Crippen molar-refractivity contribution >= 4 is 17.5 Å². The normalized spacial score (nSPS) is 14.4. The van der Waals surface area contributed by atoms with Crippen LogP contribution in [-0.4, -0.2) is 21.8 Å². The Morgan fingerprint density at radius 2 is 2.21 bits per heavy atom. The highest BCUT2D eigenvalue weighted by molar-refractivity contribution is 6.29. The maximum absolute atomic E-state index is 12.5. The molecular weight excluding hydrogens is 264 g/mol. The van der Waals surface area contributed by atoms with Gasteiger partial charge in [-0.05, 0) is 37.1 Å². The van der Waals surface area contributed by atoms with Crippen molar-refractivity contribution in [2.75, 3.05) is 0 Å². The molecule has 0 radical (unpaired) electrons. The predicted octanol–water partition coefficient (Wildman–Crippen LogP) is 3.13. The van der Waals surface area contributed by atoms with Crippen LogP contribution < -0.4 is 0 Å². The van der Waals surface area contributed by atoms with Gasteiger partial charge in [0.15, 0.2) is 0 Å². The number of furan rings is 1. The third-order valence-electron chi connectivity index (χ3n) is 3.09. The number of rotatable bonds is 4. The molecule has 0 bridgehead atoms. The highest BCUT2D eigenvalue weighted by Crippen LogP contribution is 2.29. The summed E-state index contributed by atoms with van der Waals surface area (Å²) in [4.78, 5) is 18.3. The molecule has 1 fully saturated rings. The number of aromatic nitrogens is 1. The summed E-state index contributed by atoms with van der Waals surface area (Å²) in [6.07, 6.45) is 3.68. The van der Waals surface area contributed by atoms with Crippen LogP contribution >= 0.6 is 11.6 Å². The Hall–Kier alpha value is -1.81. The summed E-state index contributed by atoms with van der Waals surface area (Å²) >= 11 is 5.83. The van der Waals surface area contributed by atoms with E-state index < -0.39 is 0 Å². The van der Waals surface area contributed by atoms with E-state index >= 15 is 0 Å². The molecule has 98 valence electrons. The van der Waals surface area contributed by atoms with Crippen LogP contribution in [0.4, 0.5) is 0 Å². The molecule has 0 N–H and O–H groups in total. The van der Waals surface area contributed by atoms with Crippen molar-refractivity contribution in [3.05, 3.63) is 53.2 Å². The Labute approximate surface area is 116 Å². The summed E-state index contributed by atoms with van der Waals surface area (Å²) in [5.41, 5.74) is 0.381. The molecule has 19 heavy (non-hydrogen) atoms. The van der Waals surface area contributed by atoms with Crippen LogP contribution in [-0.2, 0) is 6.54 Å². The first-order valence-electron chi connectivity index (χ1n) is 6.20. The lowest BCUT2D eigenvalue weighted by Crippen LogP contribution is -2.33. The molecule has 3 rings (SSSR count). The van der Waals surface area contributed by atoms with Gasteiger partial charge in [0.05, 0.1) is 12.8 Å². The van der Waals surface area contributed by atoms with Crippen LogP contribution in [0, 0.1) is 0 Å². The summed E-state index contributed by atoms with van der Waals surface area (Å²) in [6.45, 7) is 0.477. The molecule has 1 aliphatic rings. The number of nitrogens with zero attached hydrogens (tertiary/aromatic N) is 2. The Bertz CT molecular complexity index is 579. The van der Waals surface area contributed by atoms with Gasteiger partial charge in [-0.15, -0.1) is 0 Å². The molecule has 2 aromatic rings. The van der Waals surface area contributed by atoms with Gasteiger partial charge in [0.1, 0.15) is 16.6 Å². The average molecular weight is 277 g/mol. The highest BCUT2D eigenvalue weighted by atomic mass is 35.5. The Morgan fingerprint density at radius 1 is 1.37 bits per heavy atom. The molecule has 0 aliphatic heterocycles. The van der Waals surface area contributed by atoms with E-state index in [4.69, 9.17) is 16.0 Å². The van der Waals surface area contributed by atoms with Crippen LogP contribution in [0.1, 0.15) is 29.1 Å². The quantitative estimate of drug-likeness (QED) is 0.806. The summed E-state index contributed by atoms with van der Waals surface area (Å²) < 4.78 is 5.31. The second kappa shape index (κ2) is 5.05.